The van der Waals surface area contributed by atoms with Crippen molar-refractivity contribution in [2.75, 3.05) is 31.0 Å². The summed E-state index contributed by atoms with van der Waals surface area (Å²) < 4.78 is 16.2. The quantitative estimate of drug-likeness (QED) is 0.435. The molecule has 0 aliphatic carbocycles. The first-order valence-electron chi connectivity index (χ1n) is 11.1. The summed E-state index contributed by atoms with van der Waals surface area (Å²) in [6.07, 6.45) is 0. The number of hydrogen-bond acceptors (Lipinski definition) is 6. The molecule has 0 unspecified atom stereocenters. The number of benzene rings is 3. The van der Waals surface area contributed by atoms with E-state index in [0.29, 0.717) is 53.1 Å². The highest BCUT2D eigenvalue weighted by Crippen LogP contribution is 2.31. The maximum Gasteiger partial charge on any atom is 0.255 e. The maximum atomic E-state index is 13.0. The van der Waals surface area contributed by atoms with E-state index in [0.717, 1.165) is 16.5 Å². The van der Waals surface area contributed by atoms with Gasteiger partial charge in [0.15, 0.2) is 11.5 Å². The Morgan fingerprint density at radius 2 is 1.57 bits per heavy atom. The molecule has 0 saturated carbocycles. The molecule has 35 heavy (non-hydrogen) atoms. The van der Waals surface area contributed by atoms with Crippen LogP contribution >= 0.6 is 0 Å². The van der Waals surface area contributed by atoms with Crippen LogP contribution in [0.1, 0.15) is 26.3 Å². The first-order valence-corrected chi connectivity index (χ1v) is 11.1. The largest absolute Gasteiger partial charge is 0.486 e. The molecule has 176 valence electrons. The van der Waals surface area contributed by atoms with E-state index in [1.807, 2.05) is 19.1 Å². The zero-order valence-electron chi connectivity index (χ0n) is 19.3. The highest BCUT2D eigenvalue weighted by Gasteiger charge is 2.16. The standard InChI is InChI=1S/C27H23N3O5/c1-16-3-7-20(28-26(31)19-5-9-23-24(14-19)35-12-11-34-23)15-22(16)30-27(32)18-4-8-21-17(13-18)6-10-25(29-21)33-2/h3-10,13-15H,11-12H2,1-2H3,(H,28,31)(H,30,32). The number of methoxy groups -OCH3 is 1. The molecule has 8 heteroatoms. The lowest BCUT2D eigenvalue weighted by atomic mass is 10.1. The number of aryl methyl sites for hydroxylation is 1. The first kappa shape index (κ1) is 22.2. The minimum absolute atomic E-state index is 0.263. The van der Waals surface area contributed by atoms with Gasteiger partial charge in [0.2, 0.25) is 5.88 Å². The molecule has 2 heterocycles. The van der Waals surface area contributed by atoms with E-state index in [1.165, 1.54) is 0 Å². The number of ether oxygens (including phenoxy) is 3. The number of rotatable bonds is 5. The monoisotopic (exact) mass is 469 g/mol. The third-order valence-electron chi connectivity index (χ3n) is 5.68. The van der Waals surface area contributed by atoms with Crippen LogP contribution < -0.4 is 24.8 Å². The van der Waals surface area contributed by atoms with Crippen molar-refractivity contribution in [2.45, 2.75) is 6.92 Å². The van der Waals surface area contributed by atoms with Gasteiger partial charge in [-0.05, 0) is 67.1 Å². The number of carbonyl (C=O) groups is 2. The molecule has 1 aromatic heterocycles. The molecule has 3 aromatic carbocycles. The van der Waals surface area contributed by atoms with Gasteiger partial charge in [0, 0.05) is 34.0 Å². The summed E-state index contributed by atoms with van der Waals surface area (Å²) in [6.45, 7) is 2.82. The van der Waals surface area contributed by atoms with E-state index < -0.39 is 0 Å². The Bertz CT molecular complexity index is 1450. The summed E-state index contributed by atoms with van der Waals surface area (Å²) in [5.41, 5.74) is 3.70. The molecule has 0 fully saturated rings. The highest BCUT2D eigenvalue weighted by molar-refractivity contribution is 6.08. The van der Waals surface area contributed by atoms with Crippen LogP contribution in [0.2, 0.25) is 0 Å². The van der Waals surface area contributed by atoms with Crippen molar-refractivity contribution in [1.82, 2.24) is 4.98 Å². The van der Waals surface area contributed by atoms with E-state index in [1.54, 1.807) is 61.7 Å². The number of pyridine rings is 1. The van der Waals surface area contributed by atoms with Gasteiger partial charge >= 0.3 is 0 Å². The molecular formula is C27H23N3O5. The number of hydrogen-bond donors (Lipinski definition) is 2. The van der Waals surface area contributed by atoms with E-state index in [-0.39, 0.29) is 11.8 Å². The Morgan fingerprint density at radius 3 is 2.40 bits per heavy atom. The second-order valence-electron chi connectivity index (χ2n) is 8.06. The minimum Gasteiger partial charge on any atom is -0.486 e. The topological polar surface area (TPSA) is 98.8 Å². The van der Waals surface area contributed by atoms with E-state index >= 15 is 0 Å². The lowest BCUT2D eigenvalue weighted by Crippen LogP contribution is -2.17. The molecule has 2 amide bonds. The van der Waals surface area contributed by atoms with Gasteiger partial charge in [-0.3, -0.25) is 9.59 Å². The molecule has 8 nitrogen and oxygen atoms in total. The molecule has 1 aliphatic heterocycles. The fraction of sp³-hybridized carbons (Fsp3) is 0.148. The molecule has 5 rings (SSSR count). The normalized spacial score (nSPS) is 12.2. The summed E-state index contributed by atoms with van der Waals surface area (Å²) in [7, 11) is 1.56. The van der Waals surface area contributed by atoms with Crippen LogP contribution in [0.3, 0.4) is 0 Å². The average molecular weight is 469 g/mol. The van der Waals surface area contributed by atoms with Crippen LogP contribution in [0, 0.1) is 6.92 Å². The third kappa shape index (κ3) is 4.72. The molecule has 0 radical (unpaired) electrons. The lowest BCUT2D eigenvalue weighted by molar-refractivity contribution is 0.101. The fourth-order valence-electron chi connectivity index (χ4n) is 3.78. The van der Waals surface area contributed by atoms with Gasteiger partial charge in [-0.1, -0.05) is 6.07 Å². The van der Waals surface area contributed by atoms with E-state index in [4.69, 9.17) is 14.2 Å². The Hall–Kier alpha value is -4.59. The third-order valence-corrected chi connectivity index (χ3v) is 5.68. The van der Waals surface area contributed by atoms with Crippen molar-refractivity contribution in [3.05, 3.63) is 83.4 Å². The summed E-state index contributed by atoms with van der Waals surface area (Å²) >= 11 is 0. The fourth-order valence-corrected chi connectivity index (χ4v) is 3.78. The second kappa shape index (κ2) is 9.34. The van der Waals surface area contributed by atoms with Gasteiger partial charge in [-0.15, -0.1) is 0 Å². The Morgan fingerprint density at radius 1 is 0.829 bits per heavy atom. The predicted octanol–water partition coefficient (Wildman–Crippen LogP) is 4.83. The molecule has 0 spiro atoms. The molecule has 2 N–H and O–H groups in total. The zero-order chi connectivity index (χ0) is 24.4. The van der Waals surface area contributed by atoms with Gasteiger partial charge in [-0.25, -0.2) is 4.98 Å². The van der Waals surface area contributed by atoms with E-state index in [2.05, 4.69) is 15.6 Å². The number of anilines is 2. The van der Waals surface area contributed by atoms with Crippen molar-refractivity contribution >= 4 is 34.1 Å². The summed E-state index contributed by atoms with van der Waals surface area (Å²) in [4.78, 5) is 30.1. The minimum atomic E-state index is -0.291. The molecule has 1 aliphatic rings. The number of amides is 2. The number of carbonyl (C=O) groups excluding carboxylic acids is 2. The van der Waals surface area contributed by atoms with Gasteiger partial charge < -0.3 is 24.8 Å². The summed E-state index contributed by atoms with van der Waals surface area (Å²) in [5.74, 6) is 1.13. The van der Waals surface area contributed by atoms with Gasteiger partial charge in [0.1, 0.15) is 13.2 Å². The average Bonchev–Trinajstić information content (AvgIpc) is 2.89. The SMILES string of the molecule is COc1ccc2cc(C(=O)Nc3cc(NC(=O)c4ccc5c(c4)OCCO5)ccc3C)ccc2n1. The molecule has 0 atom stereocenters. The van der Waals surface area contributed by atoms with Gasteiger partial charge in [-0.2, -0.15) is 0 Å². The Labute approximate surface area is 201 Å². The molecule has 4 aromatic rings. The number of nitrogens with one attached hydrogen (secondary N) is 2. The molecule has 0 bridgehead atoms. The van der Waals surface area contributed by atoms with Crippen molar-refractivity contribution in [3.8, 4) is 17.4 Å². The van der Waals surface area contributed by atoms with Crippen LogP contribution in [-0.2, 0) is 0 Å². The van der Waals surface area contributed by atoms with E-state index in [9.17, 15) is 9.59 Å². The molecule has 0 saturated heterocycles. The predicted molar refractivity (Wildman–Crippen MR) is 133 cm³/mol. The van der Waals surface area contributed by atoms with Gasteiger partial charge in [0.05, 0.1) is 12.6 Å². The Balaban J connectivity index is 1.32. The van der Waals surface area contributed by atoms with Crippen molar-refractivity contribution in [3.63, 3.8) is 0 Å². The zero-order valence-corrected chi connectivity index (χ0v) is 19.3. The number of fused-ring (bicyclic) bond motifs is 2. The number of aromatic nitrogens is 1. The highest BCUT2D eigenvalue weighted by atomic mass is 16.6. The summed E-state index contributed by atoms with van der Waals surface area (Å²) in [6, 6.07) is 19.3. The van der Waals surface area contributed by atoms with Crippen LogP contribution in [0.15, 0.2) is 66.7 Å². The number of nitrogens with zero attached hydrogens (tertiary/aromatic N) is 1. The Kier molecular flexibility index (Phi) is 5.93. The second-order valence-corrected chi connectivity index (χ2v) is 8.06. The van der Waals surface area contributed by atoms with Gasteiger partial charge in [0.25, 0.3) is 11.8 Å². The van der Waals surface area contributed by atoms with Crippen LogP contribution in [-0.4, -0.2) is 37.1 Å². The van der Waals surface area contributed by atoms with Crippen LogP contribution in [0.5, 0.6) is 17.4 Å². The van der Waals surface area contributed by atoms with Crippen molar-refractivity contribution in [1.29, 1.82) is 0 Å². The molecular weight excluding hydrogens is 446 g/mol. The van der Waals surface area contributed by atoms with Crippen LogP contribution in [0.4, 0.5) is 11.4 Å². The smallest absolute Gasteiger partial charge is 0.255 e. The van der Waals surface area contributed by atoms with Crippen molar-refractivity contribution in [2.24, 2.45) is 0 Å². The first-order chi connectivity index (χ1) is 17.0. The van der Waals surface area contributed by atoms with Crippen LogP contribution in [0.25, 0.3) is 10.9 Å². The maximum absolute atomic E-state index is 13.0. The summed E-state index contributed by atoms with van der Waals surface area (Å²) in [5, 5.41) is 6.64. The van der Waals surface area contributed by atoms with Crippen molar-refractivity contribution < 1.29 is 23.8 Å². The lowest BCUT2D eigenvalue weighted by Gasteiger charge is -2.18.